The van der Waals surface area contributed by atoms with E-state index in [0.717, 1.165) is 18.5 Å². The predicted molar refractivity (Wildman–Crippen MR) is 134 cm³/mol. The van der Waals surface area contributed by atoms with Crippen molar-refractivity contribution in [1.82, 2.24) is 5.32 Å². The third-order valence-electron chi connectivity index (χ3n) is 5.54. The molecule has 1 heterocycles. The van der Waals surface area contributed by atoms with Gasteiger partial charge in [0.1, 0.15) is 6.04 Å². The molecule has 0 aromatic heterocycles. The maximum atomic E-state index is 13.1. The van der Waals surface area contributed by atoms with E-state index in [4.69, 9.17) is 11.6 Å². The van der Waals surface area contributed by atoms with Crippen molar-refractivity contribution in [3.8, 4) is 0 Å². The minimum absolute atomic E-state index is 0.114. The maximum Gasteiger partial charge on any atom is 0.320 e. The lowest BCUT2D eigenvalue weighted by atomic mass is 10.1. The van der Waals surface area contributed by atoms with Crippen molar-refractivity contribution in [2.75, 3.05) is 22.1 Å². The molecule has 1 saturated heterocycles. The number of carbonyl (C=O) groups is 3. The molecule has 34 heavy (non-hydrogen) atoms. The van der Waals surface area contributed by atoms with Crippen LogP contribution in [0.3, 0.4) is 0 Å². The normalized spacial score (nSPS) is 14.3. The van der Waals surface area contributed by atoms with E-state index in [1.54, 1.807) is 65.6 Å². The lowest BCUT2D eigenvalue weighted by molar-refractivity contribution is -0.119. The van der Waals surface area contributed by atoms with Gasteiger partial charge in [-0.25, -0.2) is 4.79 Å². The Hall–Kier alpha value is -3.84. The summed E-state index contributed by atoms with van der Waals surface area (Å²) >= 11 is 5.89. The molecule has 3 aromatic carbocycles. The highest BCUT2D eigenvalue weighted by Gasteiger charge is 2.24. The van der Waals surface area contributed by atoms with Crippen molar-refractivity contribution in [1.29, 1.82) is 0 Å². The fraction of sp³-hybridized carbons (Fsp3) is 0.192. The van der Waals surface area contributed by atoms with Gasteiger partial charge in [-0.3, -0.25) is 9.59 Å². The van der Waals surface area contributed by atoms with Crippen molar-refractivity contribution in [2.24, 2.45) is 0 Å². The Morgan fingerprint density at radius 1 is 0.824 bits per heavy atom. The first-order valence-electron chi connectivity index (χ1n) is 11.1. The van der Waals surface area contributed by atoms with Crippen LogP contribution in [-0.4, -0.2) is 24.4 Å². The highest BCUT2D eigenvalue weighted by atomic mass is 35.5. The first-order valence-corrected chi connectivity index (χ1v) is 11.5. The molecule has 0 unspecified atom stereocenters. The van der Waals surface area contributed by atoms with Crippen LogP contribution in [0.15, 0.2) is 78.9 Å². The van der Waals surface area contributed by atoms with Crippen LogP contribution in [0.5, 0.6) is 0 Å². The van der Waals surface area contributed by atoms with Gasteiger partial charge in [-0.1, -0.05) is 41.9 Å². The summed E-state index contributed by atoms with van der Waals surface area (Å²) in [6.45, 7) is 0.702. The van der Waals surface area contributed by atoms with E-state index in [1.165, 1.54) is 0 Å². The topological polar surface area (TPSA) is 90.5 Å². The number of anilines is 3. The molecule has 174 valence electrons. The van der Waals surface area contributed by atoms with E-state index >= 15 is 0 Å². The molecule has 4 rings (SSSR count). The quantitative estimate of drug-likeness (QED) is 0.447. The molecular weight excluding hydrogens is 452 g/mol. The number of rotatable bonds is 6. The second-order valence-corrected chi connectivity index (χ2v) is 8.42. The summed E-state index contributed by atoms with van der Waals surface area (Å²) in [5.74, 6) is -0.276. The molecule has 8 heteroatoms. The molecular formula is C26H25ClN4O3. The summed E-state index contributed by atoms with van der Waals surface area (Å²) < 4.78 is 0. The fourth-order valence-electron chi connectivity index (χ4n) is 3.80. The molecule has 1 aliphatic rings. The first kappa shape index (κ1) is 23.3. The van der Waals surface area contributed by atoms with Gasteiger partial charge in [-0.15, -0.1) is 0 Å². The summed E-state index contributed by atoms with van der Waals surface area (Å²) in [4.78, 5) is 39.7. The number of nitrogens with zero attached hydrogens (tertiary/aromatic N) is 1. The molecule has 0 bridgehead atoms. The zero-order valence-corrected chi connectivity index (χ0v) is 19.2. The number of nitrogens with one attached hydrogen (secondary N) is 3. The van der Waals surface area contributed by atoms with Gasteiger partial charge in [0.2, 0.25) is 5.91 Å². The molecule has 3 N–H and O–H groups in total. The summed E-state index contributed by atoms with van der Waals surface area (Å²) in [5.41, 5.74) is 2.57. The number of hydrogen-bond acceptors (Lipinski definition) is 3. The Bertz CT molecular complexity index is 1150. The van der Waals surface area contributed by atoms with E-state index in [1.807, 2.05) is 18.2 Å². The second-order valence-electron chi connectivity index (χ2n) is 7.99. The van der Waals surface area contributed by atoms with Gasteiger partial charge in [-0.2, -0.15) is 0 Å². The van der Waals surface area contributed by atoms with Crippen molar-refractivity contribution < 1.29 is 14.4 Å². The number of urea groups is 1. The predicted octanol–water partition coefficient (Wildman–Crippen LogP) is 5.36. The zero-order valence-electron chi connectivity index (χ0n) is 18.5. The van der Waals surface area contributed by atoms with Crippen molar-refractivity contribution >= 4 is 46.5 Å². The smallest absolute Gasteiger partial charge is 0.320 e. The molecule has 0 aliphatic carbocycles. The summed E-state index contributed by atoms with van der Waals surface area (Å²) in [7, 11) is 0. The van der Waals surface area contributed by atoms with E-state index in [-0.39, 0.29) is 11.8 Å². The van der Waals surface area contributed by atoms with Crippen LogP contribution >= 0.6 is 11.6 Å². The number of amides is 4. The first-order chi connectivity index (χ1) is 16.5. The monoisotopic (exact) mass is 476 g/mol. The van der Waals surface area contributed by atoms with Crippen LogP contribution in [0.1, 0.15) is 30.9 Å². The number of piperidine rings is 1. The lowest BCUT2D eigenvalue weighted by Crippen LogP contribution is -2.39. The largest absolute Gasteiger partial charge is 0.324 e. The van der Waals surface area contributed by atoms with E-state index in [9.17, 15) is 14.4 Å². The van der Waals surface area contributed by atoms with Crippen LogP contribution in [0.25, 0.3) is 0 Å². The van der Waals surface area contributed by atoms with Gasteiger partial charge in [0, 0.05) is 35.1 Å². The minimum Gasteiger partial charge on any atom is -0.324 e. The zero-order chi connectivity index (χ0) is 23.9. The Morgan fingerprint density at radius 3 is 2.15 bits per heavy atom. The molecule has 7 nitrogen and oxygen atoms in total. The van der Waals surface area contributed by atoms with Crippen LogP contribution in [0.2, 0.25) is 5.02 Å². The SMILES string of the molecule is O=C(Nc1ccc(Cl)cc1)N[C@@H](C(=O)Nc1ccc(N2CCCCC2=O)cc1)c1ccccc1. The Balaban J connectivity index is 1.45. The molecule has 0 spiro atoms. The van der Waals surface area contributed by atoms with Crippen LogP contribution in [-0.2, 0) is 9.59 Å². The van der Waals surface area contributed by atoms with Crippen LogP contribution < -0.4 is 20.9 Å². The lowest BCUT2D eigenvalue weighted by Gasteiger charge is -2.27. The number of carbonyl (C=O) groups excluding carboxylic acids is 3. The number of benzene rings is 3. The van der Waals surface area contributed by atoms with Crippen molar-refractivity contribution in [3.05, 3.63) is 89.4 Å². The van der Waals surface area contributed by atoms with E-state index < -0.39 is 12.1 Å². The molecule has 1 aliphatic heterocycles. The second kappa shape index (κ2) is 10.9. The highest BCUT2D eigenvalue weighted by Crippen LogP contribution is 2.24. The third kappa shape index (κ3) is 5.94. The van der Waals surface area contributed by atoms with Gasteiger partial charge in [0.15, 0.2) is 0 Å². The van der Waals surface area contributed by atoms with Gasteiger partial charge in [-0.05, 0) is 66.9 Å². The minimum atomic E-state index is -0.920. The third-order valence-corrected chi connectivity index (χ3v) is 5.79. The van der Waals surface area contributed by atoms with Crippen molar-refractivity contribution in [3.63, 3.8) is 0 Å². The average Bonchev–Trinajstić information content (AvgIpc) is 2.85. The Morgan fingerprint density at radius 2 is 1.47 bits per heavy atom. The van der Waals surface area contributed by atoms with E-state index in [0.29, 0.717) is 34.9 Å². The highest BCUT2D eigenvalue weighted by molar-refractivity contribution is 6.30. The molecule has 1 atom stereocenters. The van der Waals surface area contributed by atoms with Gasteiger partial charge < -0.3 is 20.9 Å². The number of halogens is 1. The summed E-state index contributed by atoms with van der Waals surface area (Å²) in [6.07, 6.45) is 2.46. The summed E-state index contributed by atoms with van der Waals surface area (Å²) in [6, 6.07) is 21.4. The molecule has 3 aromatic rings. The molecule has 4 amide bonds. The molecule has 1 fully saturated rings. The fourth-order valence-corrected chi connectivity index (χ4v) is 3.92. The van der Waals surface area contributed by atoms with Gasteiger partial charge >= 0.3 is 6.03 Å². The average molecular weight is 477 g/mol. The van der Waals surface area contributed by atoms with E-state index in [2.05, 4.69) is 16.0 Å². The van der Waals surface area contributed by atoms with Crippen molar-refractivity contribution in [2.45, 2.75) is 25.3 Å². The molecule has 0 radical (unpaired) electrons. The maximum absolute atomic E-state index is 13.1. The van der Waals surface area contributed by atoms with Gasteiger partial charge in [0.25, 0.3) is 5.91 Å². The van der Waals surface area contributed by atoms with Gasteiger partial charge in [0.05, 0.1) is 0 Å². The summed E-state index contributed by atoms with van der Waals surface area (Å²) in [5, 5.41) is 8.86. The van der Waals surface area contributed by atoms with Crippen LogP contribution in [0, 0.1) is 0 Å². The standard InChI is InChI=1S/C26H25ClN4O3/c27-19-9-11-21(12-10-19)29-26(34)30-24(18-6-2-1-3-7-18)25(33)28-20-13-15-22(16-14-20)31-17-5-4-8-23(31)32/h1-3,6-7,9-16,24H,4-5,8,17H2,(H,28,33)(H2,29,30,34)/t24-/m1/s1. The Kier molecular flexibility index (Phi) is 7.44. The number of hydrogen-bond donors (Lipinski definition) is 3. The molecule has 0 saturated carbocycles. The van der Waals surface area contributed by atoms with Crippen LogP contribution in [0.4, 0.5) is 21.9 Å². The Labute approximate surface area is 203 Å².